The molecule has 3 heterocycles. The molecule has 0 unspecified atom stereocenters. The fraction of sp³-hybridized carbons (Fsp3) is 0.522. The molecule has 2 N–H and O–H groups in total. The average molecular weight is 461 g/mol. The third-order valence-electron chi connectivity index (χ3n) is 6.66. The van der Waals surface area contributed by atoms with Crippen LogP contribution in [0.4, 0.5) is 19.0 Å². The first kappa shape index (κ1) is 21.9. The number of carbonyl (C=O) groups is 1. The minimum atomic E-state index is -4.47. The number of hydrogen-bond donors (Lipinski definition) is 2. The van der Waals surface area contributed by atoms with Crippen LogP contribution in [0, 0.1) is 0 Å². The van der Waals surface area contributed by atoms with Crippen molar-refractivity contribution in [1.29, 1.82) is 0 Å². The Morgan fingerprint density at radius 3 is 2.55 bits per heavy atom. The lowest BCUT2D eigenvalue weighted by Gasteiger charge is -2.30. The summed E-state index contributed by atoms with van der Waals surface area (Å²) in [6, 6.07) is 5.44. The molecule has 176 valence electrons. The molecule has 7 nitrogen and oxygen atoms in total. The second-order valence-electron chi connectivity index (χ2n) is 9.10. The first-order valence-corrected chi connectivity index (χ1v) is 11.4. The van der Waals surface area contributed by atoms with Gasteiger partial charge < -0.3 is 10.6 Å². The standard InChI is InChI=1S/C23H27F3N6O/c1-31-22(14-5-6-14)17(11-28-31)18(33)12-27-15-7-9-16(10-8-15)29-20-3-2-4-21-30-19(13-32(20)21)23(24,25)26/h2-4,11,13-16,27,29H,5-10,12H2,1H3. The normalized spacial score (nSPS) is 21.5. The van der Waals surface area contributed by atoms with Gasteiger partial charge in [-0.3, -0.25) is 13.9 Å². The van der Waals surface area contributed by atoms with Crippen molar-refractivity contribution in [3.63, 3.8) is 0 Å². The zero-order valence-electron chi connectivity index (χ0n) is 18.4. The molecule has 0 atom stereocenters. The largest absolute Gasteiger partial charge is 0.434 e. The third-order valence-corrected chi connectivity index (χ3v) is 6.66. The first-order valence-electron chi connectivity index (χ1n) is 11.4. The SMILES string of the molecule is Cn1ncc(C(=O)CNC2CCC(Nc3cccc4nc(C(F)(F)F)cn34)CC2)c1C1CC1. The third kappa shape index (κ3) is 4.62. The van der Waals surface area contributed by atoms with Crippen molar-refractivity contribution in [2.45, 2.75) is 62.7 Å². The monoisotopic (exact) mass is 460 g/mol. The van der Waals surface area contributed by atoms with Gasteiger partial charge in [-0.05, 0) is 50.7 Å². The zero-order valence-corrected chi connectivity index (χ0v) is 18.4. The molecular weight excluding hydrogens is 433 g/mol. The number of nitrogens with one attached hydrogen (secondary N) is 2. The summed E-state index contributed by atoms with van der Waals surface area (Å²) < 4.78 is 42.4. The van der Waals surface area contributed by atoms with E-state index in [1.165, 1.54) is 4.40 Å². The number of aromatic nitrogens is 4. The molecule has 5 rings (SSSR count). The van der Waals surface area contributed by atoms with Crippen molar-refractivity contribution < 1.29 is 18.0 Å². The summed E-state index contributed by atoms with van der Waals surface area (Å²) in [5.74, 6) is 1.15. The first-order chi connectivity index (χ1) is 15.8. The molecule has 0 spiro atoms. The van der Waals surface area contributed by atoms with Crippen LogP contribution in [0.2, 0.25) is 0 Å². The number of pyridine rings is 1. The molecule has 33 heavy (non-hydrogen) atoms. The molecule has 2 fully saturated rings. The van der Waals surface area contributed by atoms with E-state index in [2.05, 4.69) is 20.7 Å². The minimum Gasteiger partial charge on any atom is -0.368 e. The van der Waals surface area contributed by atoms with E-state index in [1.807, 2.05) is 11.7 Å². The molecule has 0 bridgehead atoms. The van der Waals surface area contributed by atoms with Crippen LogP contribution in [0.25, 0.3) is 5.65 Å². The van der Waals surface area contributed by atoms with Crippen molar-refractivity contribution >= 4 is 17.2 Å². The highest BCUT2D eigenvalue weighted by Crippen LogP contribution is 2.41. The Balaban J connectivity index is 1.15. The molecule has 3 aromatic heterocycles. The smallest absolute Gasteiger partial charge is 0.368 e. The summed E-state index contributed by atoms with van der Waals surface area (Å²) in [6.45, 7) is 0.294. The van der Waals surface area contributed by atoms with Crippen LogP contribution in [0.3, 0.4) is 0 Å². The zero-order chi connectivity index (χ0) is 23.2. The highest BCUT2D eigenvalue weighted by atomic mass is 19.4. The molecule has 2 saturated carbocycles. The van der Waals surface area contributed by atoms with E-state index < -0.39 is 11.9 Å². The highest BCUT2D eigenvalue weighted by molar-refractivity contribution is 5.98. The van der Waals surface area contributed by atoms with Gasteiger partial charge in [0.2, 0.25) is 0 Å². The number of ketones is 1. The maximum atomic E-state index is 13.0. The van der Waals surface area contributed by atoms with Gasteiger partial charge in [0, 0.05) is 31.2 Å². The van der Waals surface area contributed by atoms with Gasteiger partial charge in [-0.2, -0.15) is 18.3 Å². The number of Topliss-reactive ketones (excluding diaryl/α,β-unsaturated/α-hetero) is 1. The predicted molar refractivity (Wildman–Crippen MR) is 117 cm³/mol. The van der Waals surface area contributed by atoms with Crippen molar-refractivity contribution in [3.05, 3.63) is 47.5 Å². The Kier molecular flexibility index (Phi) is 5.64. The lowest BCUT2D eigenvalue weighted by Crippen LogP contribution is -2.39. The van der Waals surface area contributed by atoms with Gasteiger partial charge >= 0.3 is 6.18 Å². The summed E-state index contributed by atoms with van der Waals surface area (Å²) in [7, 11) is 1.89. The van der Waals surface area contributed by atoms with Crippen LogP contribution >= 0.6 is 0 Å². The van der Waals surface area contributed by atoms with Gasteiger partial charge in [0.25, 0.3) is 0 Å². The van der Waals surface area contributed by atoms with E-state index in [9.17, 15) is 18.0 Å². The van der Waals surface area contributed by atoms with E-state index in [1.54, 1.807) is 24.4 Å². The number of alkyl halides is 3. The molecular formula is C23H27F3N6O. The van der Waals surface area contributed by atoms with Gasteiger partial charge in [-0.25, -0.2) is 4.98 Å². The van der Waals surface area contributed by atoms with Crippen molar-refractivity contribution in [2.75, 3.05) is 11.9 Å². The van der Waals surface area contributed by atoms with Crippen LogP contribution < -0.4 is 10.6 Å². The lowest BCUT2D eigenvalue weighted by atomic mass is 9.91. The van der Waals surface area contributed by atoms with E-state index in [-0.39, 0.29) is 23.5 Å². The maximum absolute atomic E-state index is 13.0. The molecule has 0 aliphatic heterocycles. The summed E-state index contributed by atoms with van der Waals surface area (Å²) in [5.41, 5.74) is 1.15. The number of nitrogens with zero attached hydrogens (tertiary/aromatic N) is 4. The van der Waals surface area contributed by atoms with Crippen molar-refractivity contribution in [1.82, 2.24) is 24.5 Å². The number of anilines is 1. The molecule has 3 aromatic rings. The highest BCUT2D eigenvalue weighted by Gasteiger charge is 2.34. The summed E-state index contributed by atoms with van der Waals surface area (Å²) in [5, 5.41) is 11.0. The van der Waals surface area contributed by atoms with Crippen LogP contribution in [-0.4, -0.2) is 43.6 Å². The minimum absolute atomic E-state index is 0.0810. The number of rotatable bonds is 7. The van der Waals surface area contributed by atoms with Gasteiger partial charge in [0.15, 0.2) is 11.5 Å². The maximum Gasteiger partial charge on any atom is 0.434 e. The number of aryl methyl sites for hydroxylation is 1. The number of halogens is 3. The fourth-order valence-electron chi connectivity index (χ4n) is 4.75. The van der Waals surface area contributed by atoms with Crippen LogP contribution in [-0.2, 0) is 13.2 Å². The van der Waals surface area contributed by atoms with Gasteiger partial charge in [0.05, 0.1) is 24.0 Å². The van der Waals surface area contributed by atoms with Crippen LogP contribution in [0.1, 0.15) is 66.2 Å². The van der Waals surface area contributed by atoms with E-state index >= 15 is 0 Å². The quantitative estimate of drug-likeness (QED) is 0.518. The molecule has 2 aliphatic rings. The van der Waals surface area contributed by atoms with Crippen molar-refractivity contribution in [3.8, 4) is 0 Å². The van der Waals surface area contributed by atoms with Crippen LogP contribution in [0.5, 0.6) is 0 Å². The van der Waals surface area contributed by atoms with E-state index in [4.69, 9.17) is 0 Å². The second-order valence-corrected chi connectivity index (χ2v) is 9.10. The van der Waals surface area contributed by atoms with Crippen molar-refractivity contribution in [2.24, 2.45) is 7.05 Å². The van der Waals surface area contributed by atoms with Gasteiger partial charge in [-0.1, -0.05) is 6.07 Å². The second kappa shape index (κ2) is 8.48. The molecule has 0 amide bonds. The fourth-order valence-corrected chi connectivity index (χ4v) is 4.75. The summed E-state index contributed by atoms with van der Waals surface area (Å²) in [4.78, 5) is 16.4. The Morgan fingerprint density at radius 2 is 1.85 bits per heavy atom. The van der Waals surface area contributed by atoms with Gasteiger partial charge in [-0.15, -0.1) is 0 Å². The molecule has 2 aliphatic carbocycles. The predicted octanol–water partition coefficient (Wildman–Crippen LogP) is 4.16. The number of fused-ring (bicyclic) bond motifs is 1. The molecule has 0 radical (unpaired) electrons. The lowest BCUT2D eigenvalue weighted by molar-refractivity contribution is -0.140. The number of imidazole rings is 1. The van der Waals surface area contributed by atoms with E-state index in [0.29, 0.717) is 18.3 Å². The molecule has 0 saturated heterocycles. The summed E-state index contributed by atoms with van der Waals surface area (Å²) in [6.07, 6.45) is 3.99. The van der Waals surface area contributed by atoms with E-state index in [0.717, 1.165) is 56.0 Å². The molecule has 0 aromatic carbocycles. The Morgan fingerprint density at radius 1 is 1.12 bits per heavy atom. The number of carbonyl (C=O) groups excluding carboxylic acids is 1. The topological polar surface area (TPSA) is 76.2 Å². The molecule has 10 heteroatoms. The summed E-state index contributed by atoms with van der Waals surface area (Å²) >= 11 is 0. The number of hydrogen-bond acceptors (Lipinski definition) is 5. The Hall–Kier alpha value is -2.88. The van der Waals surface area contributed by atoms with Gasteiger partial charge in [0.1, 0.15) is 11.5 Å². The van der Waals surface area contributed by atoms with Crippen LogP contribution in [0.15, 0.2) is 30.6 Å². The Labute approximate surface area is 189 Å². The Bertz CT molecular complexity index is 1150. The average Bonchev–Trinajstić information content (AvgIpc) is 3.37.